The van der Waals surface area contributed by atoms with Crippen molar-refractivity contribution in [3.63, 3.8) is 0 Å². The van der Waals surface area contributed by atoms with Gasteiger partial charge in [-0.3, -0.25) is 9.59 Å². The van der Waals surface area contributed by atoms with Crippen LogP contribution >= 0.6 is 0 Å². The minimum Gasteiger partial charge on any atom is -0.481 e. The Labute approximate surface area is 118 Å². The lowest BCUT2D eigenvalue weighted by Gasteiger charge is -2.16. The van der Waals surface area contributed by atoms with Gasteiger partial charge in [0, 0.05) is 13.0 Å². The summed E-state index contributed by atoms with van der Waals surface area (Å²) in [5.41, 5.74) is 1.12. The molecule has 0 aliphatic heterocycles. The predicted octanol–water partition coefficient (Wildman–Crippen LogP) is 1.99. The van der Waals surface area contributed by atoms with Crippen LogP contribution in [0, 0.1) is 12.8 Å². The predicted molar refractivity (Wildman–Crippen MR) is 75.7 cm³/mol. The summed E-state index contributed by atoms with van der Waals surface area (Å²) in [7, 11) is 0. The average Bonchev–Trinajstić information content (AvgIpc) is 2.37. The van der Waals surface area contributed by atoms with E-state index in [-0.39, 0.29) is 18.2 Å². The first-order valence-electron chi connectivity index (χ1n) is 6.61. The normalized spacial score (nSPS) is 13.3. The summed E-state index contributed by atoms with van der Waals surface area (Å²) in [6.45, 7) is 5.74. The number of carbonyl (C=O) groups excluding carboxylic acids is 1. The number of benzene rings is 1. The number of carboxylic acids is 1. The number of aryl methyl sites for hydroxylation is 1. The van der Waals surface area contributed by atoms with E-state index in [1.165, 1.54) is 0 Å². The Kier molecular flexibility index (Phi) is 6.03. The van der Waals surface area contributed by atoms with E-state index in [2.05, 4.69) is 5.32 Å². The van der Waals surface area contributed by atoms with Gasteiger partial charge >= 0.3 is 5.97 Å². The third-order valence-electron chi connectivity index (χ3n) is 2.85. The van der Waals surface area contributed by atoms with Gasteiger partial charge in [-0.2, -0.15) is 0 Å². The van der Waals surface area contributed by atoms with Crippen molar-refractivity contribution in [1.29, 1.82) is 0 Å². The van der Waals surface area contributed by atoms with Crippen LogP contribution < -0.4 is 10.1 Å². The molecule has 110 valence electrons. The van der Waals surface area contributed by atoms with Gasteiger partial charge in [0.15, 0.2) is 6.10 Å². The van der Waals surface area contributed by atoms with Crippen LogP contribution in [-0.2, 0) is 9.59 Å². The second-order valence-electron chi connectivity index (χ2n) is 5.02. The lowest BCUT2D eigenvalue weighted by atomic mass is 10.1. The van der Waals surface area contributed by atoms with Crippen LogP contribution in [0.5, 0.6) is 5.75 Å². The molecule has 2 atom stereocenters. The monoisotopic (exact) mass is 279 g/mol. The number of hydrogen-bond acceptors (Lipinski definition) is 3. The molecule has 20 heavy (non-hydrogen) atoms. The minimum atomic E-state index is -0.865. The highest BCUT2D eigenvalue weighted by molar-refractivity contribution is 5.80. The molecule has 0 spiro atoms. The van der Waals surface area contributed by atoms with Gasteiger partial charge in [0.05, 0.1) is 0 Å². The van der Waals surface area contributed by atoms with Crippen LogP contribution in [0.1, 0.15) is 25.8 Å². The Bertz CT molecular complexity index is 455. The Balaban J connectivity index is 2.39. The van der Waals surface area contributed by atoms with Gasteiger partial charge < -0.3 is 15.2 Å². The largest absolute Gasteiger partial charge is 0.481 e. The van der Waals surface area contributed by atoms with Crippen molar-refractivity contribution >= 4 is 11.9 Å². The molecule has 5 nitrogen and oxygen atoms in total. The maximum absolute atomic E-state index is 11.8. The van der Waals surface area contributed by atoms with Crippen molar-refractivity contribution < 1.29 is 19.4 Å². The minimum absolute atomic E-state index is 0.0352. The molecule has 0 radical (unpaired) electrons. The summed E-state index contributed by atoms with van der Waals surface area (Å²) in [6, 6.07) is 7.45. The van der Waals surface area contributed by atoms with E-state index in [0.717, 1.165) is 5.56 Å². The first-order chi connectivity index (χ1) is 9.38. The molecular formula is C15H21NO4. The number of ether oxygens (including phenoxy) is 1. The highest BCUT2D eigenvalue weighted by atomic mass is 16.5. The van der Waals surface area contributed by atoms with E-state index in [1.54, 1.807) is 13.8 Å². The second kappa shape index (κ2) is 7.53. The van der Waals surface area contributed by atoms with Crippen molar-refractivity contribution in [1.82, 2.24) is 5.32 Å². The first-order valence-corrected chi connectivity index (χ1v) is 6.61. The Hall–Kier alpha value is -2.04. The molecule has 2 unspecified atom stereocenters. The van der Waals surface area contributed by atoms with Gasteiger partial charge in [0.25, 0.3) is 5.91 Å². The van der Waals surface area contributed by atoms with E-state index in [9.17, 15) is 9.59 Å². The van der Waals surface area contributed by atoms with E-state index < -0.39 is 12.1 Å². The number of nitrogens with one attached hydrogen (secondary N) is 1. The molecule has 0 saturated heterocycles. The lowest BCUT2D eigenvalue weighted by Crippen LogP contribution is -2.38. The molecule has 2 N–H and O–H groups in total. The molecule has 1 amide bonds. The first kappa shape index (κ1) is 16.0. The zero-order valence-electron chi connectivity index (χ0n) is 12.1. The molecule has 5 heteroatoms. The maximum atomic E-state index is 11.8. The van der Waals surface area contributed by atoms with Crippen LogP contribution in [0.3, 0.4) is 0 Å². The second-order valence-corrected chi connectivity index (χ2v) is 5.02. The van der Waals surface area contributed by atoms with Gasteiger partial charge in [-0.05, 0) is 31.9 Å². The molecule has 1 aromatic carbocycles. The number of carbonyl (C=O) groups is 2. The quantitative estimate of drug-likeness (QED) is 0.800. The third-order valence-corrected chi connectivity index (χ3v) is 2.85. The van der Waals surface area contributed by atoms with E-state index in [1.807, 2.05) is 31.2 Å². The molecule has 0 aromatic heterocycles. The SMILES string of the molecule is Cc1ccc(OC(C)C(=O)NCC(C)CC(=O)O)cc1. The highest BCUT2D eigenvalue weighted by Gasteiger charge is 2.16. The third kappa shape index (κ3) is 5.73. The van der Waals surface area contributed by atoms with Crippen molar-refractivity contribution in [3.8, 4) is 5.75 Å². The van der Waals surface area contributed by atoms with Crippen LogP contribution in [0.2, 0.25) is 0 Å². The Morgan fingerprint density at radius 3 is 2.40 bits per heavy atom. The zero-order chi connectivity index (χ0) is 15.1. The molecule has 1 rings (SSSR count). The van der Waals surface area contributed by atoms with Crippen molar-refractivity contribution in [2.24, 2.45) is 5.92 Å². The van der Waals surface area contributed by atoms with Gasteiger partial charge in [-0.15, -0.1) is 0 Å². The Morgan fingerprint density at radius 1 is 1.25 bits per heavy atom. The lowest BCUT2D eigenvalue weighted by molar-refractivity contribution is -0.138. The van der Waals surface area contributed by atoms with Crippen LogP contribution in [0.4, 0.5) is 0 Å². The van der Waals surface area contributed by atoms with Gasteiger partial charge in [-0.1, -0.05) is 24.6 Å². The fourth-order valence-corrected chi connectivity index (χ4v) is 1.66. The zero-order valence-corrected chi connectivity index (χ0v) is 12.1. The maximum Gasteiger partial charge on any atom is 0.303 e. The summed E-state index contributed by atoms with van der Waals surface area (Å²) in [6.07, 6.45) is -0.581. The number of aliphatic carboxylic acids is 1. The number of rotatable bonds is 7. The average molecular weight is 279 g/mol. The van der Waals surface area contributed by atoms with E-state index in [4.69, 9.17) is 9.84 Å². The van der Waals surface area contributed by atoms with E-state index >= 15 is 0 Å². The summed E-state index contributed by atoms with van der Waals surface area (Å²) >= 11 is 0. The van der Waals surface area contributed by atoms with Gasteiger partial charge in [0.2, 0.25) is 0 Å². The molecule has 0 aliphatic carbocycles. The summed E-state index contributed by atoms with van der Waals surface area (Å²) < 4.78 is 5.52. The van der Waals surface area contributed by atoms with Gasteiger partial charge in [-0.25, -0.2) is 0 Å². The molecule has 1 aromatic rings. The highest BCUT2D eigenvalue weighted by Crippen LogP contribution is 2.13. The van der Waals surface area contributed by atoms with Crippen molar-refractivity contribution in [3.05, 3.63) is 29.8 Å². The summed E-state index contributed by atoms with van der Waals surface area (Å²) in [5.74, 6) is -0.585. The number of carboxylic acid groups (broad SMARTS) is 1. The summed E-state index contributed by atoms with van der Waals surface area (Å²) in [4.78, 5) is 22.3. The summed E-state index contributed by atoms with van der Waals surface area (Å²) in [5, 5.41) is 11.3. The van der Waals surface area contributed by atoms with E-state index in [0.29, 0.717) is 12.3 Å². The standard InChI is InChI=1S/C15H21NO4/c1-10-4-6-13(7-5-10)20-12(3)15(19)16-9-11(2)8-14(17)18/h4-7,11-12H,8-9H2,1-3H3,(H,16,19)(H,17,18). The molecule has 0 saturated carbocycles. The molecule has 0 fully saturated rings. The smallest absolute Gasteiger partial charge is 0.303 e. The van der Waals surface area contributed by atoms with Crippen LogP contribution in [0.15, 0.2) is 24.3 Å². The topological polar surface area (TPSA) is 75.6 Å². The van der Waals surface area contributed by atoms with Crippen LogP contribution in [-0.4, -0.2) is 29.6 Å². The molecular weight excluding hydrogens is 258 g/mol. The molecule has 0 heterocycles. The van der Waals surface area contributed by atoms with Gasteiger partial charge in [0.1, 0.15) is 5.75 Å². The number of amides is 1. The van der Waals surface area contributed by atoms with Crippen molar-refractivity contribution in [2.45, 2.75) is 33.3 Å². The fraction of sp³-hybridized carbons (Fsp3) is 0.467. The molecule has 0 bridgehead atoms. The van der Waals surface area contributed by atoms with Crippen molar-refractivity contribution in [2.75, 3.05) is 6.54 Å². The molecule has 0 aliphatic rings. The Morgan fingerprint density at radius 2 is 1.85 bits per heavy atom. The van der Waals surface area contributed by atoms with Crippen LogP contribution in [0.25, 0.3) is 0 Å². The fourth-order valence-electron chi connectivity index (χ4n) is 1.66. The number of hydrogen-bond donors (Lipinski definition) is 2.